The van der Waals surface area contributed by atoms with E-state index >= 15 is 0 Å². The highest BCUT2D eigenvalue weighted by Crippen LogP contribution is 2.19. The second kappa shape index (κ2) is 10.1. The number of rotatable bonds is 10. The van der Waals surface area contributed by atoms with Crippen LogP contribution in [0.3, 0.4) is 0 Å². The maximum absolute atomic E-state index is 13.4. The van der Waals surface area contributed by atoms with Gasteiger partial charge in [0.1, 0.15) is 18.2 Å². The molecule has 152 valence electrons. The molecule has 0 fully saturated rings. The van der Waals surface area contributed by atoms with Crippen LogP contribution in [0.4, 0.5) is 10.1 Å². The van der Waals surface area contributed by atoms with Crippen LogP contribution in [0.1, 0.15) is 18.4 Å². The van der Waals surface area contributed by atoms with Crippen molar-refractivity contribution < 1.29 is 22.3 Å². The van der Waals surface area contributed by atoms with E-state index in [0.29, 0.717) is 19.6 Å². The van der Waals surface area contributed by atoms with Gasteiger partial charge in [-0.1, -0.05) is 18.2 Å². The second-order valence-electron chi connectivity index (χ2n) is 6.43. The molecule has 0 radical (unpaired) electrons. The summed E-state index contributed by atoms with van der Waals surface area (Å²) < 4.78 is 44.0. The Hall–Kier alpha value is -2.61. The molecule has 2 aromatic rings. The van der Waals surface area contributed by atoms with Crippen molar-refractivity contribution in [3.05, 3.63) is 59.9 Å². The number of nitrogens with one attached hydrogen (secondary N) is 1. The number of benzene rings is 2. The average Bonchev–Trinajstić information content (AvgIpc) is 2.61. The number of carbonyl (C=O) groups is 1. The maximum atomic E-state index is 13.4. The fourth-order valence-corrected chi connectivity index (χ4v) is 3.61. The lowest BCUT2D eigenvalue weighted by Gasteiger charge is -2.22. The molecular weight excluding hydrogens is 383 g/mol. The zero-order chi connectivity index (χ0) is 20.6. The van der Waals surface area contributed by atoms with E-state index in [1.807, 2.05) is 31.2 Å². The third-order valence-corrected chi connectivity index (χ3v) is 5.14. The Morgan fingerprint density at radius 2 is 1.93 bits per heavy atom. The molecule has 0 aliphatic heterocycles. The SMILES string of the molecule is Cc1cccc(OCCNC(=O)CCCN(c2cccc(F)c2)S(C)(=O)=O)c1. The van der Waals surface area contributed by atoms with Gasteiger partial charge in [0.15, 0.2) is 0 Å². The lowest BCUT2D eigenvalue weighted by atomic mass is 10.2. The Morgan fingerprint density at radius 3 is 2.61 bits per heavy atom. The topological polar surface area (TPSA) is 75.7 Å². The van der Waals surface area contributed by atoms with Gasteiger partial charge in [0, 0.05) is 13.0 Å². The molecule has 0 bridgehead atoms. The van der Waals surface area contributed by atoms with Crippen molar-refractivity contribution in [2.24, 2.45) is 0 Å². The van der Waals surface area contributed by atoms with Gasteiger partial charge in [0.05, 0.1) is 18.5 Å². The summed E-state index contributed by atoms with van der Waals surface area (Å²) in [7, 11) is -3.57. The fourth-order valence-electron chi connectivity index (χ4n) is 2.65. The van der Waals surface area contributed by atoms with Crippen molar-refractivity contribution in [3.8, 4) is 5.75 Å². The summed E-state index contributed by atoms with van der Waals surface area (Å²) in [4.78, 5) is 11.9. The zero-order valence-electron chi connectivity index (χ0n) is 16.0. The molecule has 2 aromatic carbocycles. The van der Waals surface area contributed by atoms with Crippen molar-refractivity contribution in [2.45, 2.75) is 19.8 Å². The van der Waals surface area contributed by atoms with Crippen LogP contribution in [-0.2, 0) is 14.8 Å². The number of aryl methyl sites for hydroxylation is 1. The van der Waals surface area contributed by atoms with E-state index in [4.69, 9.17) is 4.74 Å². The van der Waals surface area contributed by atoms with E-state index in [1.54, 1.807) is 0 Å². The van der Waals surface area contributed by atoms with Crippen LogP contribution in [0.2, 0.25) is 0 Å². The van der Waals surface area contributed by atoms with Crippen molar-refractivity contribution in [2.75, 3.05) is 30.3 Å². The number of sulfonamides is 1. The third-order valence-electron chi connectivity index (χ3n) is 3.94. The summed E-state index contributed by atoms with van der Waals surface area (Å²) in [5.41, 5.74) is 1.34. The Kier molecular flexibility index (Phi) is 7.80. The molecule has 6 nitrogen and oxygen atoms in total. The highest BCUT2D eigenvalue weighted by molar-refractivity contribution is 7.92. The minimum Gasteiger partial charge on any atom is -0.492 e. The van der Waals surface area contributed by atoms with Gasteiger partial charge in [-0.3, -0.25) is 9.10 Å². The van der Waals surface area contributed by atoms with E-state index in [9.17, 15) is 17.6 Å². The summed E-state index contributed by atoms with van der Waals surface area (Å²) in [5, 5.41) is 2.74. The average molecular weight is 408 g/mol. The van der Waals surface area contributed by atoms with Gasteiger partial charge in [-0.05, 0) is 49.2 Å². The standard InChI is InChI=1S/C20H25FN2O4S/c1-16-6-3-9-19(14-16)27-13-11-22-20(24)10-5-12-23(28(2,25)26)18-8-4-7-17(21)15-18/h3-4,6-9,14-15H,5,10-13H2,1-2H3,(H,22,24). The first kappa shape index (κ1) is 21.7. The van der Waals surface area contributed by atoms with E-state index in [0.717, 1.165) is 27.9 Å². The van der Waals surface area contributed by atoms with Crippen molar-refractivity contribution in [3.63, 3.8) is 0 Å². The van der Waals surface area contributed by atoms with Crippen LogP contribution in [0.5, 0.6) is 5.75 Å². The van der Waals surface area contributed by atoms with Gasteiger partial charge in [0.2, 0.25) is 15.9 Å². The van der Waals surface area contributed by atoms with Gasteiger partial charge in [-0.15, -0.1) is 0 Å². The van der Waals surface area contributed by atoms with Gasteiger partial charge >= 0.3 is 0 Å². The van der Waals surface area contributed by atoms with Crippen LogP contribution in [0.15, 0.2) is 48.5 Å². The molecule has 0 spiro atoms. The predicted molar refractivity (Wildman–Crippen MR) is 108 cm³/mol. The minimum atomic E-state index is -3.57. The Bertz CT molecular complexity index is 903. The quantitative estimate of drug-likeness (QED) is 0.614. The Balaban J connectivity index is 1.75. The van der Waals surface area contributed by atoms with Crippen molar-refractivity contribution >= 4 is 21.6 Å². The van der Waals surface area contributed by atoms with Crippen LogP contribution in [0.25, 0.3) is 0 Å². The summed E-state index contributed by atoms with van der Waals surface area (Å²) in [6.07, 6.45) is 1.53. The van der Waals surface area contributed by atoms with E-state index in [1.165, 1.54) is 18.2 Å². The Morgan fingerprint density at radius 1 is 1.18 bits per heavy atom. The number of carbonyl (C=O) groups excluding carboxylic acids is 1. The molecule has 1 amide bonds. The van der Waals surface area contributed by atoms with Gasteiger partial charge in [-0.2, -0.15) is 0 Å². The summed E-state index contributed by atoms with van der Waals surface area (Å²) >= 11 is 0. The highest BCUT2D eigenvalue weighted by atomic mass is 32.2. The summed E-state index contributed by atoms with van der Waals surface area (Å²) in [6.45, 7) is 2.76. The number of halogens is 1. The lowest BCUT2D eigenvalue weighted by molar-refractivity contribution is -0.121. The lowest BCUT2D eigenvalue weighted by Crippen LogP contribution is -2.33. The highest BCUT2D eigenvalue weighted by Gasteiger charge is 2.18. The molecule has 0 saturated heterocycles. The van der Waals surface area contributed by atoms with E-state index < -0.39 is 15.8 Å². The number of ether oxygens (including phenoxy) is 1. The number of anilines is 1. The number of amides is 1. The predicted octanol–water partition coefficient (Wildman–Crippen LogP) is 2.88. The van der Waals surface area contributed by atoms with Crippen molar-refractivity contribution in [1.82, 2.24) is 5.32 Å². The van der Waals surface area contributed by atoms with Crippen LogP contribution in [-0.4, -0.2) is 40.3 Å². The number of nitrogens with zero attached hydrogens (tertiary/aromatic N) is 1. The second-order valence-corrected chi connectivity index (χ2v) is 8.34. The summed E-state index contributed by atoms with van der Waals surface area (Å²) in [6, 6.07) is 13.0. The van der Waals surface area contributed by atoms with E-state index in [2.05, 4.69) is 5.32 Å². The summed E-state index contributed by atoms with van der Waals surface area (Å²) in [5.74, 6) is 0.0335. The smallest absolute Gasteiger partial charge is 0.232 e. The molecule has 2 rings (SSSR count). The zero-order valence-corrected chi connectivity index (χ0v) is 16.8. The molecule has 28 heavy (non-hydrogen) atoms. The Labute approximate surface area is 165 Å². The van der Waals surface area contributed by atoms with Crippen LogP contribution in [0, 0.1) is 12.7 Å². The maximum Gasteiger partial charge on any atom is 0.232 e. The van der Waals surface area contributed by atoms with Crippen LogP contribution >= 0.6 is 0 Å². The molecule has 0 atom stereocenters. The molecule has 0 aliphatic carbocycles. The van der Waals surface area contributed by atoms with Gasteiger partial charge in [0.25, 0.3) is 0 Å². The molecule has 0 aliphatic rings. The van der Waals surface area contributed by atoms with E-state index in [-0.39, 0.29) is 24.6 Å². The first-order valence-electron chi connectivity index (χ1n) is 8.95. The third kappa shape index (κ3) is 7.19. The normalized spacial score (nSPS) is 11.1. The first-order valence-corrected chi connectivity index (χ1v) is 10.8. The largest absolute Gasteiger partial charge is 0.492 e. The molecule has 0 unspecified atom stereocenters. The first-order chi connectivity index (χ1) is 13.3. The molecule has 1 N–H and O–H groups in total. The number of hydrogen-bond acceptors (Lipinski definition) is 4. The number of hydrogen-bond donors (Lipinski definition) is 1. The molecule has 0 saturated carbocycles. The molecular formula is C20H25FN2O4S. The van der Waals surface area contributed by atoms with Gasteiger partial charge < -0.3 is 10.1 Å². The fraction of sp³-hybridized carbons (Fsp3) is 0.350. The molecule has 0 heterocycles. The van der Waals surface area contributed by atoms with Gasteiger partial charge in [-0.25, -0.2) is 12.8 Å². The van der Waals surface area contributed by atoms with Crippen molar-refractivity contribution in [1.29, 1.82) is 0 Å². The minimum absolute atomic E-state index is 0.0928. The van der Waals surface area contributed by atoms with Crippen LogP contribution < -0.4 is 14.4 Å². The molecule has 0 aromatic heterocycles. The monoisotopic (exact) mass is 408 g/mol. The molecule has 8 heteroatoms.